The molecule has 0 radical (unpaired) electrons. The minimum absolute atomic E-state index is 0.300. The SMILES string of the molecule is CC(C)n1cc(COc2cccc(F)c2)c2cc(N)ccc21. The van der Waals surface area contributed by atoms with Gasteiger partial charge in [0.15, 0.2) is 0 Å². The number of benzene rings is 2. The second kappa shape index (κ2) is 5.72. The van der Waals surface area contributed by atoms with Gasteiger partial charge in [-0.05, 0) is 44.2 Å². The van der Waals surface area contributed by atoms with Crippen LogP contribution in [0, 0.1) is 5.82 Å². The third kappa shape index (κ3) is 2.77. The van der Waals surface area contributed by atoms with E-state index < -0.39 is 0 Å². The summed E-state index contributed by atoms with van der Waals surface area (Å²) in [5.41, 5.74) is 8.80. The number of aromatic nitrogens is 1. The molecule has 0 spiro atoms. The van der Waals surface area contributed by atoms with Gasteiger partial charge in [-0.3, -0.25) is 0 Å². The lowest BCUT2D eigenvalue weighted by atomic mass is 10.1. The molecule has 2 N–H and O–H groups in total. The van der Waals surface area contributed by atoms with Crippen molar-refractivity contribution in [3.63, 3.8) is 0 Å². The molecule has 0 saturated carbocycles. The van der Waals surface area contributed by atoms with Gasteiger partial charge in [-0.15, -0.1) is 0 Å². The highest BCUT2D eigenvalue weighted by molar-refractivity contribution is 5.87. The zero-order chi connectivity index (χ0) is 15.7. The van der Waals surface area contributed by atoms with E-state index in [2.05, 4.69) is 24.6 Å². The van der Waals surface area contributed by atoms with Gasteiger partial charge in [-0.25, -0.2) is 4.39 Å². The molecule has 0 amide bonds. The molecule has 0 aliphatic heterocycles. The average Bonchev–Trinajstić information content (AvgIpc) is 2.83. The van der Waals surface area contributed by atoms with E-state index in [0.717, 1.165) is 22.2 Å². The molecule has 3 nitrogen and oxygen atoms in total. The van der Waals surface area contributed by atoms with Crippen LogP contribution in [0.25, 0.3) is 10.9 Å². The van der Waals surface area contributed by atoms with E-state index >= 15 is 0 Å². The third-order valence-electron chi connectivity index (χ3n) is 3.69. The van der Waals surface area contributed by atoms with Crippen LogP contribution in [0.15, 0.2) is 48.7 Å². The smallest absolute Gasteiger partial charge is 0.126 e. The number of ether oxygens (including phenoxy) is 1. The summed E-state index contributed by atoms with van der Waals surface area (Å²) >= 11 is 0. The van der Waals surface area contributed by atoms with E-state index in [1.54, 1.807) is 12.1 Å². The Bertz CT molecular complexity index is 808. The summed E-state index contributed by atoms with van der Waals surface area (Å²) in [6.45, 7) is 4.64. The van der Waals surface area contributed by atoms with Gasteiger partial charge in [0.25, 0.3) is 0 Å². The summed E-state index contributed by atoms with van der Waals surface area (Å²) in [4.78, 5) is 0. The average molecular weight is 298 g/mol. The summed E-state index contributed by atoms with van der Waals surface area (Å²) < 4.78 is 21.1. The Hall–Kier alpha value is -2.49. The summed E-state index contributed by atoms with van der Waals surface area (Å²) in [5.74, 6) is 0.223. The minimum atomic E-state index is -0.300. The molecule has 2 aromatic carbocycles. The first-order chi connectivity index (χ1) is 10.5. The van der Waals surface area contributed by atoms with Gasteiger partial charge in [0, 0.05) is 40.5 Å². The van der Waals surface area contributed by atoms with Gasteiger partial charge in [-0.2, -0.15) is 0 Å². The molecule has 1 heterocycles. The maximum atomic E-state index is 13.2. The maximum absolute atomic E-state index is 13.2. The highest BCUT2D eigenvalue weighted by atomic mass is 19.1. The van der Waals surface area contributed by atoms with Gasteiger partial charge < -0.3 is 15.0 Å². The Balaban J connectivity index is 1.94. The van der Waals surface area contributed by atoms with Gasteiger partial charge in [0.05, 0.1) is 0 Å². The maximum Gasteiger partial charge on any atom is 0.126 e. The standard InChI is InChI=1S/C18H19FN2O/c1-12(2)21-10-13(17-9-15(20)6-7-18(17)21)11-22-16-5-3-4-14(19)8-16/h3-10,12H,11,20H2,1-2H3. The van der Waals surface area contributed by atoms with E-state index in [-0.39, 0.29) is 5.82 Å². The number of fused-ring (bicyclic) bond motifs is 1. The van der Waals surface area contributed by atoms with Crippen LogP contribution >= 0.6 is 0 Å². The van der Waals surface area contributed by atoms with Crippen LogP contribution in [0.5, 0.6) is 5.75 Å². The first-order valence-electron chi connectivity index (χ1n) is 7.32. The fraction of sp³-hybridized carbons (Fsp3) is 0.222. The number of nitrogen functional groups attached to an aromatic ring is 1. The monoisotopic (exact) mass is 298 g/mol. The van der Waals surface area contributed by atoms with Gasteiger partial charge in [0.2, 0.25) is 0 Å². The second-order valence-corrected chi connectivity index (χ2v) is 5.68. The largest absolute Gasteiger partial charge is 0.489 e. The van der Waals surface area contributed by atoms with Gasteiger partial charge >= 0.3 is 0 Å². The molecule has 0 atom stereocenters. The summed E-state index contributed by atoms with van der Waals surface area (Å²) in [5, 5.41) is 1.07. The van der Waals surface area contributed by atoms with E-state index in [9.17, 15) is 4.39 Å². The number of halogens is 1. The molecule has 0 saturated heterocycles. The summed E-state index contributed by atoms with van der Waals surface area (Å²) in [7, 11) is 0. The number of hydrogen-bond acceptors (Lipinski definition) is 2. The first kappa shape index (κ1) is 14.4. The van der Waals surface area contributed by atoms with E-state index in [0.29, 0.717) is 18.4 Å². The van der Waals surface area contributed by atoms with Crippen LogP contribution in [0.3, 0.4) is 0 Å². The van der Waals surface area contributed by atoms with E-state index in [4.69, 9.17) is 10.5 Å². The van der Waals surface area contributed by atoms with Crippen LogP contribution in [-0.4, -0.2) is 4.57 Å². The number of nitrogens with zero attached hydrogens (tertiary/aromatic N) is 1. The molecular weight excluding hydrogens is 279 g/mol. The van der Waals surface area contributed by atoms with Crippen molar-refractivity contribution in [2.45, 2.75) is 26.5 Å². The van der Waals surface area contributed by atoms with Gasteiger partial charge in [-0.1, -0.05) is 6.07 Å². The van der Waals surface area contributed by atoms with Crippen molar-refractivity contribution in [1.82, 2.24) is 4.57 Å². The Morgan fingerprint density at radius 1 is 1.18 bits per heavy atom. The summed E-state index contributed by atoms with van der Waals surface area (Å²) in [6.07, 6.45) is 2.08. The Morgan fingerprint density at radius 2 is 2.00 bits per heavy atom. The fourth-order valence-electron chi connectivity index (χ4n) is 2.60. The van der Waals surface area contributed by atoms with E-state index in [1.165, 1.54) is 12.1 Å². The molecule has 0 unspecified atom stereocenters. The molecule has 22 heavy (non-hydrogen) atoms. The quantitative estimate of drug-likeness (QED) is 0.719. The van der Waals surface area contributed by atoms with Crippen LogP contribution in [-0.2, 0) is 6.61 Å². The molecular formula is C18H19FN2O. The predicted octanol–water partition coefficient (Wildman–Crippen LogP) is 4.52. The Morgan fingerprint density at radius 3 is 2.73 bits per heavy atom. The van der Waals surface area contributed by atoms with Crippen molar-refractivity contribution in [1.29, 1.82) is 0 Å². The highest BCUT2D eigenvalue weighted by Gasteiger charge is 2.11. The Labute approximate surface area is 129 Å². The Kier molecular flexibility index (Phi) is 3.75. The van der Waals surface area contributed by atoms with Crippen LogP contribution in [0.2, 0.25) is 0 Å². The van der Waals surface area contributed by atoms with Crippen molar-refractivity contribution in [2.75, 3.05) is 5.73 Å². The molecule has 3 rings (SSSR count). The molecule has 0 aliphatic carbocycles. The molecule has 114 valence electrons. The summed E-state index contributed by atoms with van der Waals surface area (Å²) in [6, 6.07) is 12.4. The van der Waals surface area contributed by atoms with Crippen LogP contribution < -0.4 is 10.5 Å². The second-order valence-electron chi connectivity index (χ2n) is 5.68. The normalized spacial score (nSPS) is 11.3. The highest BCUT2D eigenvalue weighted by Crippen LogP contribution is 2.27. The lowest BCUT2D eigenvalue weighted by Gasteiger charge is -2.08. The molecule has 0 bridgehead atoms. The van der Waals surface area contributed by atoms with Crippen molar-refractivity contribution in [3.8, 4) is 5.75 Å². The number of anilines is 1. The molecule has 4 heteroatoms. The van der Waals surface area contributed by atoms with Crippen molar-refractivity contribution in [3.05, 3.63) is 60.0 Å². The zero-order valence-corrected chi connectivity index (χ0v) is 12.7. The molecule has 1 aromatic heterocycles. The number of hydrogen-bond donors (Lipinski definition) is 1. The van der Waals surface area contributed by atoms with Gasteiger partial charge in [0.1, 0.15) is 18.2 Å². The zero-order valence-electron chi connectivity index (χ0n) is 12.7. The number of rotatable bonds is 4. The molecule has 0 aliphatic rings. The van der Waals surface area contributed by atoms with Crippen molar-refractivity contribution >= 4 is 16.6 Å². The molecule has 0 fully saturated rings. The van der Waals surface area contributed by atoms with Crippen LogP contribution in [0.1, 0.15) is 25.5 Å². The minimum Gasteiger partial charge on any atom is -0.489 e. The molecule has 3 aromatic rings. The van der Waals surface area contributed by atoms with E-state index in [1.807, 2.05) is 18.2 Å². The predicted molar refractivity (Wildman–Crippen MR) is 87.5 cm³/mol. The third-order valence-corrected chi connectivity index (χ3v) is 3.69. The van der Waals surface area contributed by atoms with Crippen LogP contribution in [0.4, 0.5) is 10.1 Å². The lowest BCUT2D eigenvalue weighted by molar-refractivity contribution is 0.305. The van der Waals surface area contributed by atoms with Crippen molar-refractivity contribution in [2.24, 2.45) is 0 Å². The lowest BCUT2D eigenvalue weighted by Crippen LogP contribution is -1.98. The number of nitrogens with two attached hydrogens (primary N) is 1. The fourth-order valence-corrected chi connectivity index (χ4v) is 2.60. The van der Waals surface area contributed by atoms with Crippen molar-refractivity contribution < 1.29 is 9.13 Å². The first-order valence-corrected chi connectivity index (χ1v) is 7.32. The topological polar surface area (TPSA) is 40.2 Å².